The van der Waals surface area contributed by atoms with Gasteiger partial charge < -0.3 is 16.4 Å². The highest BCUT2D eigenvalue weighted by Crippen LogP contribution is 2.03. The molecule has 1 rings (SSSR count). The van der Waals surface area contributed by atoms with Crippen LogP contribution < -0.4 is 16.4 Å². The molecule has 6 heteroatoms. The van der Waals surface area contributed by atoms with Gasteiger partial charge in [0.05, 0.1) is 19.1 Å². The number of rotatable bonds is 7. The van der Waals surface area contributed by atoms with E-state index in [0.29, 0.717) is 6.42 Å². The van der Waals surface area contributed by atoms with Gasteiger partial charge in [0.25, 0.3) is 0 Å². The maximum absolute atomic E-state index is 11.6. The first-order chi connectivity index (χ1) is 11.5. The molecular weight excluding hydrogens is 306 g/mol. The van der Waals surface area contributed by atoms with Crippen molar-refractivity contribution >= 4 is 17.6 Å². The van der Waals surface area contributed by atoms with E-state index >= 15 is 0 Å². The third-order valence-corrected chi connectivity index (χ3v) is 2.74. The first kappa shape index (κ1) is 24.0. The van der Waals surface area contributed by atoms with Gasteiger partial charge in [0.1, 0.15) is 0 Å². The number of carbonyl (C=O) groups is 3. The Kier molecular flexibility index (Phi) is 15.7. The number of nitrogens with one attached hydrogen (secondary N) is 2. The molecule has 0 aliphatic heterocycles. The average Bonchev–Trinajstić information content (AvgIpc) is 2.63. The van der Waals surface area contributed by atoms with E-state index in [4.69, 9.17) is 5.73 Å². The first-order valence-electron chi connectivity index (χ1n) is 8.33. The third kappa shape index (κ3) is 11.4. The van der Waals surface area contributed by atoms with E-state index in [1.54, 1.807) is 0 Å². The van der Waals surface area contributed by atoms with Crippen LogP contribution in [0.5, 0.6) is 0 Å². The summed E-state index contributed by atoms with van der Waals surface area (Å²) in [5.41, 5.74) is 6.07. The minimum atomic E-state index is -0.598. The second kappa shape index (κ2) is 15.7. The van der Waals surface area contributed by atoms with Crippen LogP contribution in [0.2, 0.25) is 0 Å². The van der Waals surface area contributed by atoms with Crippen molar-refractivity contribution in [1.29, 1.82) is 0 Å². The summed E-state index contributed by atoms with van der Waals surface area (Å²) in [5, 5.41) is 4.95. The lowest BCUT2D eigenvalue weighted by atomic mass is 10.0. The molecule has 1 aromatic carbocycles. The van der Waals surface area contributed by atoms with Gasteiger partial charge in [-0.2, -0.15) is 0 Å². The summed E-state index contributed by atoms with van der Waals surface area (Å²) in [6, 6.07) is 8.80. The quantitative estimate of drug-likeness (QED) is 0.706. The van der Waals surface area contributed by atoms with Crippen molar-refractivity contribution in [3.8, 4) is 0 Å². The summed E-state index contributed by atoms with van der Waals surface area (Å²) >= 11 is 0. The summed E-state index contributed by atoms with van der Waals surface area (Å²) in [6.07, 6.45) is 0.423. The molecule has 0 aliphatic rings. The van der Waals surface area contributed by atoms with Gasteiger partial charge in [-0.05, 0) is 18.9 Å². The summed E-state index contributed by atoms with van der Waals surface area (Å²) in [7, 11) is 0. The van der Waals surface area contributed by atoms with Crippen molar-refractivity contribution in [2.45, 2.75) is 47.1 Å². The molecule has 0 heterocycles. The maximum atomic E-state index is 11.6. The van der Waals surface area contributed by atoms with Crippen LogP contribution in [0.3, 0.4) is 0 Å². The molecule has 0 aromatic heterocycles. The molecule has 0 aliphatic carbocycles. The Bertz CT molecular complexity index is 489. The highest BCUT2D eigenvalue weighted by Gasteiger charge is 2.17. The predicted molar refractivity (Wildman–Crippen MR) is 104 cm³/mol. The van der Waals surface area contributed by atoms with Gasteiger partial charge in [-0.15, -0.1) is 0 Å². The molecule has 6 nitrogen and oxygen atoms in total. The van der Waals surface area contributed by atoms with Gasteiger partial charge in [-0.3, -0.25) is 14.4 Å². The van der Waals surface area contributed by atoms with Crippen LogP contribution >= 0.6 is 0 Å². The van der Waals surface area contributed by atoms with Crippen LogP contribution in [-0.4, -0.2) is 36.7 Å². The van der Waals surface area contributed by atoms with E-state index in [9.17, 15) is 14.4 Å². The molecule has 1 aromatic rings. The second-order valence-electron chi connectivity index (χ2n) is 4.40. The van der Waals surface area contributed by atoms with Crippen molar-refractivity contribution in [3.05, 3.63) is 35.9 Å². The topological polar surface area (TPSA) is 101 Å². The van der Waals surface area contributed by atoms with Crippen LogP contribution in [-0.2, 0) is 20.8 Å². The maximum Gasteiger partial charge on any atom is 0.239 e. The number of amides is 2. The molecule has 1 atom stereocenters. The summed E-state index contributed by atoms with van der Waals surface area (Å²) in [6.45, 7) is 9.06. The average molecular weight is 344 g/mol. The molecule has 0 radical (unpaired) electrons. The standard InChI is InChI=1S/C14H19N3O3.2C2H6.3H2/c1-10(18)12(7-11-5-3-2-4-6-11)17-14(20)9-16-13(19)8-15;2*1-2;;;/h2-6,12H,7-9,15H2,1H3,(H,16,19)(H,17,20);2*1-2H3;3*1H/t12-;;;;;/m0...../s1. The largest absolute Gasteiger partial charge is 0.346 e. The highest BCUT2D eigenvalue weighted by atomic mass is 16.2. The molecule has 0 saturated carbocycles. The van der Waals surface area contributed by atoms with Crippen molar-refractivity contribution in [1.82, 2.24) is 10.6 Å². The van der Waals surface area contributed by atoms with Crippen molar-refractivity contribution in [2.24, 2.45) is 5.73 Å². The molecule has 2 amide bonds. The molecule has 4 N–H and O–H groups in total. The second-order valence-corrected chi connectivity index (χ2v) is 4.40. The number of benzene rings is 1. The van der Waals surface area contributed by atoms with E-state index in [0.717, 1.165) is 5.56 Å². The van der Waals surface area contributed by atoms with Crippen LogP contribution in [0, 0.1) is 0 Å². The molecule has 0 fully saturated rings. The summed E-state index contributed by atoms with van der Waals surface area (Å²) in [5.74, 6) is -0.960. The zero-order chi connectivity index (χ0) is 19.0. The lowest BCUT2D eigenvalue weighted by molar-refractivity contribution is -0.128. The molecular formula is C18H37N3O3. The monoisotopic (exact) mass is 343 g/mol. The van der Waals surface area contributed by atoms with E-state index in [2.05, 4.69) is 10.6 Å². The Labute approximate surface area is 149 Å². The Balaban J connectivity index is -0.000000215. The zero-order valence-corrected chi connectivity index (χ0v) is 15.4. The van der Waals surface area contributed by atoms with Gasteiger partial charge in [0.2, 0.25) is 11.8 Å². The normalized spacial score (nSPS) is 10.1. The molecule has 142 valence electrons. The number of hydrogen-bond donors (Lipinski definition) is 3. The fourth-order valence-electron chi connectivity index (χ4n) is 1.64. The Hall–Kier alpha value is -2.21. The first-order valence-corrected chi connectivity index (χ1v) is 8.33. The van der Waals surface area contributed by atoms with Gasteiger partial charge in [0.15, 0.2) is 5.78 Å². The van der Waals surface area contributed by atoms with E-state index in [-0.39, 0.29) is 23.2 Å². The SMILES string of the molecule is CC.CC.CC(=O)[C@H](Cc1ccccc1)NC(=O)CNC(=O)CN.[HH].[HH].[HH]. The van der Waals surface area contributed by atoms with Crippen LogP contribution in [0.1, 0.15) is 44.5 Å². The lowest BCUT2D eigenvalue weighted by Crippen LogP contribution is -2.46. The van der Waals surface area contributed by atoms with Crippen molar-refractivity contribution < 1.29 is 18.7 Å². The fraction of sp³-hybridized carbons (Fsp3) is 0.500. The van der Waals surface area contributed by atoms with E-state index in [1.807, 2.05) is 58.0 Å². The summed E-state index contributed by atoms with van der Waals surface area (Å²) < 4.78 is 0. The molecule has 0 saturated heterocycles. The van der Waals surface area contributed by atoms with Crippen LogP contribution in [0.25, 0.3) is 0 Å². The third-order valence-electron chi connectivity index (χ3n) is 2.74. The molecule has 24 heavy (non-hydrogen) atoms. The van der Waals surface area contributed by atoms with Crippen molar-refractivity contribution in [2.75, 3.05) is 13.1 Å². The number of ketones is 1. The van der Waals surface area contributed by atoms with Gasteiger partial charge in [-0.1, -0.05) is 58.0 Å². The van der Waals surface area contributed by atoms with Crippen LogP contribution in [0.15, 0.2) is 30.3 Å². The predicted octanol–water partition coefficient (Wildman–Crippen LogP) is 2.17. The van der Waals surface area contributed by atoms with Crippen LogP contribution in [0.4, 0.5) is 0 Å². The molecule has 0 bridgehead atoms. The number of nitrogens with two attached hydrogens (primary N) is 1. The van der Waals surface area contributed by atoms with E-state index < -0.39 is 17.9 Å². The zero-order valence-electron chi connectivity index (χ0n) is 15.4. The van der Waals surface area contributed by atoms with Gasteiger partial charge >= 0.3 is 0 Å². The van der Waals surface area contributed by atoms with Gasteiger partial charge in [0, 0.05) is 4.28 Å². The summed E-state index contributed by atoms with van der Waals surface area (Å²) in [4.78, 5) is 34.1. The minimum Gasteiger partial charge on any atom is -0.346 e. The number of Topliss-reactive ketones (excluding diaryl/α,β-unsaturated/α-hetero) is 1. The molecule has 0 spiro atoms. The van der Waals surface area contributed by atoms with E-state index in [1.165, 1.54) is 6.92 Å². The number of hydrogen-bond acceptors (Lipinski definition) is 4. The lowest BCUT2D eigenvalue weighted by Gasteiger charge is -2.16. The number of carbonyl (C=O) groups excluding carboxylic acids is 3. The Morgan fingerprint density at radius 3 is 2.04 bits per heavy atom. The molecule has 0 unspecified atom stereocenters. The highest BCUT2D eigenvalue weighted by molar-refractivity contribution is 5.90. The Morgan fingerprint density at radius 2 is 1.58 bits per heavy atom. The Morgan fingerprint density at radius 1 is 1.04 bits per heavy atom. The fourth-order valence-corrected chi connectivity index (χ4v) is 1.64. The van der Waals surface area contributed by atoms with Crippen molar-refractivity contribution in [3.63, 3.8) is 0 Å². The minimum absolute atomic E-state index is 0. The van der Waals surface area contributed by atoms with Gasteiger partial charge in [-0.25, -0.2) is 0 Å². The smallest absolute Gasteiger partial charge is 0.239 e.